The number of aromatic nitrogens is 1. The zero-order valence-corrected chi connectivity index (χ0v) is 16.4. The lowest BCUT2D eigenvalue weighted by Crippen LogP contribution is -2.39. The maximum atomic E-state index is 6.11. The summed E-state index contributed by atoms with van der Waals surface area (Å²) in [5.74, 6) is 2.27. The maximum Gasteiger partial charge on any atom is 0.191 e. The number of benzene rings is 1. The number of rotatable bonds is 7. The van der Waals surface area contributed by atoms with E-state index in [0.717, 1.165) is 53.8 Å². The number of halogens is 1. The third-order valence-corrected chi connectivity index (χ3v) is 4.97. The molecule has 26 heavy (non-hydrogen) atoms. The maximum absolute atomic E-state index is 6.11. The highest BCUT2D eigenvalue weighted by molar-refractivity contribution is 6.30. The Morgan fingerprint density at radius 3 is 2.85 bits per heavy atom. The molecule has 2 N–H and O–H groups in total. The molecule has 2 aromatic rings. The summed E-state index contributed by atoms with van der Waals surface area (Å²) in [5.41, 5.74) is 3.41. The molecule has 1 aromatic carbocycles. The molecule has 1 aromatic heterocycles. The molecule has 0 saturated heterocycles. The lowest BCUT2D eigenvalue weighted by Gasteiger charge is -2.11. The normalized spacial score (nSPS) is 19.5. The van der Waals surface area contributed by atoms with Crippen LogP contribution < -0.4 is 10.6 Å². The minimum absolute atomic E-state index is 0.394. The molecule has 1 aliphatic rings. The van der Waals surface area contributed by atoms with Gasteiger partial charge in [0.25, 0.3) is 0 Å². The highest BCUT2D eigenvalue weighted by atomic mass is 35.5. The fourth-order valence-electron chi connectivity index (χ4n) is 3.23. The Morgan fingerprint density at radius 2 is 2.15 bits per heavy atom. The predicted octanol–water partition coefficient (Wildman–Crippen LogP) is 4.06. The van der Waals surface area contributed by atoms with E-state index < -0.39 is 0 Å². The van der Waals surface area contributed by atoms with Crippen LogP contribution in [0.1, 0.15) is 55.7 Å². The number of hydrogen-bond donors (Lipinski definition) is 2. The zero-order chi connectivity index (χ0) is 18.5. The molecular weight excluding hydrogens is 348 g/mol. The average Bonchev–Trinajstić information content (AvgIpc) is 3.29. The summed E-state index contributed by atoms with van der Waals surface area (Å²) in [6, 6.07) is 8.51. The predicted molar refractivity (Wildman–Crippen MR) is 106 cm³/mol. The molecule has 1 heterocycles. The van der Waals surface area contributed by atoms with Crippen LogP contribution in [0, 0.1) is 0 Å². The van der Waals surface area contributed by atoms with Gasteiger partial charge in [0.05, 0.1) is 12.2 Å². The number of nitrogens with one attached hydrogen (secondary N) is 2. The van der Waals surface area contributed by atoms with Crippen LogP contribution in [-0.4, -0.2) is 23.7 Å². The van der Waals surface area contributed by atoms with Gasteiger partial charge in [-0.15, -0.1) is 0 Å². The van der Waals surface area contributed by atoms with E-state index in [4.69, 9.17) is 21.1 Å². The van der Waals surface area contributed by atoms with Crippen molar-refractivity contribution in [1.29, 1.82) is 0 Å². The van der Waals surface area contributed by atoms with E-state index in [2.05, 4.69) is 48.7 Å². The van der Waals surface area contributed by atoms with Crippen LogP contribution in [0.3, 0.4) is 0 Å². The Bertz CT molecular complexity index is 749. The fraction of sp³-hybridized carbons (Fsp3) is 0.500. The minimum atomic E-state index is 0.394. The van der Waals surface area contributed by atoms with Crippen LogP contribution in [-0.2, 0) is 19.4 Å². The number of aliphatic imine (C=N–C) groups is 1. The van der Waals surface area contributed by atoms with Crippen LogP contribution in [0.15, 0.2) is 33.8 Å². The van der Waals surface area contributed by atoms with Crippen LogP contribution in [0.25, 0.3) is 0 Å². The highest BCUT2D eigenvalue weighted by Crippen LogP contribution is 2.41. The number of hydrogen-bond acceptors (Lipinski definition) is 3. The van der Waals surface area contributed by atoms with Crippen molar-refractivity contribution in [2.75, 3.05) is 6.54 Å². The lowest BCUT2D eigenvalue weighted by molar-refractivity contribution is 0.380. The third-order valence-electron chi connectivity index (χ3n) is 4.74. The summed E-state index contributed by atoms with van der Waals surface area (Å²) in [6.07, 6.45) is 2.79. The van der Waals surface area contributed by atoms with Crippen molar-refractivity contribution in [1.82, 2.24) is 15.8 Å². The molecule has 5 nitrogen and oxygen atoms in total. The molecule has 6 heteroatoms. The van der Waals surface area contributed by atoms with Gasteiger partial charge < -0.3 is 15.2 Å². The summed E-state index contributed by atoms with van der Waals surface area (Å²) in [7, 11) is 0. The molecule has 0 radical (unpaired) electrons. The average molecular weight is 375 g/mol. The minimum Gasteiger partial charge on any atom is -0.361 e. The molecule has 0 bridgehead atoms. The standard InChI is InChI=1S/C20H27ClN4O/c1-4-17-16(19(5-2)26-25-17)12-23-20(22-6-3)24-18-11-15(18)13-8-7-9-14(21)10-13/h7-10,15,18H,4-6,11-12H2,1-3H3,(H2,22,23,24). The van der Waals surface area contributed by atoms with E-state index in [0.29, 0.717) is 18.5 Å². The molecule has 140 valence electrons. The first-order chi connectivity index (χ1) is 12.7. The molecule has 2 atom stereocenters. The van der Waals surface area contributed by atoms with Crippen molar-refractivity contribution in [3.8, 4) is 0 Å². The van der Waals surface area contributed by atoms with Crippen LogP contribution in [0.2, 0.25) is 5.02 Å². The van der Waals surface area contributed by atoms with Gasteiger partial charge in [-0.05, 0) is 37.5 Å². The van der Waals surface area contributed by atoms with E-state index in [1.807, 2.05) is 12.1 Å². The summed E-state index contributed by atoms with van der Waals surface area (Å²) < 4.78 is 5.44. The highest BCUT2D eigenvalue weighted by Gasteiger charge is 2.39. The monoisotopic (exact) mass is 374 g/mol. The second-order valence-electron chi connectivity index (χ2n) is 6.58. The Morgan fingerprint density at radius 1 is 1.31 bits per heavy atom. The van der Waals surface area contributed by atoms with Gasteiger partial charge in [0.2, 0.25) is 0 Å². The second-order valence-corrected chi connectivity index (χ2v) is 7.02. The number of aryl methyl sites for hydroxylation is 2. The molecule has 0 amide bonds. The largest absolute Gasteiger partial charge is 0.361 e. The van der Waals surface area contributed by atoms with Crippen molar-refractivity contribution in [2.24, 2.45) is 4.99 Å². The molecule has 1 aliphatic carbocycles. The van der Waals surface area contributed by atoms with Crippen LogP contribution in [0.4, 0.5) is 0 Å². The van der Waals surface area contributed by atoms with Gasteiger partial charge in [0.15, 0.2) is 5.96 Å². The summed E-state index contributed by atoms with van der Waals surface area (Å²) >= 11 is 6.11. The Balaban J connectivity index is 1.66. The van der Waals surface area contributed by atoms with Crippen molar-refractivity contribution >= 4 is 17.6 Å². The smallest absolute Gasteiger partial charge is 0.191 e. The summed E-state index contributed by atoms with van der Waals surface area (Å²) in [6.45, 7) is 7.65. The van der Waals surface area contributed by atoms with Gasteiger partial charge in [0.1, 0.15) is 5.76 Å². The van der Waals surface area contributed by atoms with E-state index in [1.165, 1.54) is 5.56 Å². The first kappa shape index (κ1) is 18.8. The van der Waals surface area contributed by atoms with E-state index in [9.17, 15) is 0 Å². The van der Waals surface area contributed by atoms with Crippen molar-refractivity contribution in [3.05, 3.63) is 51.9 Å². The van der Waals surface area contributed by atoms with Crippen molar-refractivity contribution in [2.45, 2.75) is 58.5 Å². The SMILES string of the molecule is CCNC(=NCc1c(CC)noc1CC)NC1CC1c1cccc(Cl)c1. The van der Waals surface area contributed by atoms with E-state index in [-0.39, 0.29) is 0 Å². The molecule has 2 unspecified atom stereocenters. The first-order valence-electron chi connectivity index (χ1n) is 9.42. The molecule has 1 fully saturated rings. The number of guanidine groups is 1. The quantitative estimate of drug-likeness (QED) is 0.566. The lowest BCUT2D eigenvalue weighted by atomic mass is 10.1. The van der Waals surface area contributed by atoms with E-state index >= 15 is 0 Å². The molecular formula is C20H27ClN4O. The zero-order valence-electron chi connectivity index (χ0n) is 15.7. The second kappa shape index (κ2) is 8.58. The van der Waals surface area contributed by atoms with Gasteiger partial charge in [0, 0.05) is 35.5 Å². The Kier molecular flexibility index (Phi) is 6.20. The first-order valence-corrected chi connectivity index (χ1v) is 9.80. The van der Waals surface area contributed by atoms with Gasteiger partial charge >= 0.3 is 0 Å². The topological polar surface area (TPSA) is 62.5 Å². The summed E-state index contributed by atoms with van der Waals surface area (Å²) in [5, 5.41) is 11.8. The molecule has 1 saturated carbocycles. The molecule has 0 spiro atoms. The fourth-order valence-corrected chi connectivity index (χ4v) is 3.43. The third kappa shape index (κ3) is 4.39. The van der Waals surface area contributed by atoms with Crippen molar-refractivity contribution < 1.29 is 4.52 Å². The van der Waals surface area contributed by atoms with Crippen molar-refractivity contribution in [3.63, 3.8) is 0 Å². The van der Waals surface area contributed by atoms with Gasteiger partial charge in [-0.25, -0.2) is 4.99 Å². The Labute approximate surface area is 160 Å². The molecule has 0 aliphatic heterocycles. The number of nitrogens with zero attached hydrogens (tertiary/aromatic N) is 2. The van der Waals surface area contributed by atoms with E-state index in [1.54, 1.807) is 0 Å². The van der Waals surface area contributed by atoms with Crippen LogP contribution >= 0.6 is 11.6 Å². The Hall–Kier alpha value is -2.01. The van der Waals surface area contributed by atoms with Gasteiger partial charge in [-0.2, -0.15) is 0 Å². The van der Waals surface area contributed by atoms with Gasteiger partial charge in [-0.1, -0.05) is 42.7 Å². The summed E-state index contributed by atoms with van der Waals surface area (Å²) in [4.78, 5) is 4.77. The van der Waals surface area contributed by atoms with Gasteiger partial charge in [-0.3, -0.25) is 0 Å². The van der Waals surface area contributed by atoms with Crippen LogP contribution in [0.5, 0.6) is 0 Å². The molecule has 3 rings (SSSR count).